The highest BCUT2D eigenvalue weighted by Gasteiger charge is 2.17. The minimum absolute atomic E-state index is 0.140. The molecule has 1 unspecified atom stereocenters. The molecule has 1 heterocycles. The van der Waals surface area contributed by atoms with Crippen LogP contribution in [-0.4, -0.2) is 0 Å². The van der Waals surface area contributed by atoms with Crippen molar-refractivity contribution in [3.8, 4) is 0 Å². The van der Waals surface area contributed by atoms with E-state index >= 15 is 0 Å². The summed E-state index contributed by atoms with van der Waals surface area (Å²) in [5.41, 5.74) is 2.60. The molecule has 0 nitrogen and oxygen atoms in total. The van der Waals surface area contributed by atoms with Gasteiger partial charge in [-0.05, 0) is 37.1 Å². The maximum absolute atomic E-state index is 13.8. The summed E-state index contributed by atoms with van der Waals surface area (Å²) in [6, 6.07) is 7.26. The molecule has 0 fully saturated rings. The Hall–Kier alpha value is -0.380. The van der Waals surface area contributed by atoms with Gasteiger partial charge in [-0.3, -0.25) is 0 Å². The maximum atomic E-state index is 13.8. The van der Waals surface area contributed by atoms with Gasteiger partial charge in [-0.25, -0.2) is 4.39 Å². The molecular weight excluding hydrogens is 323 g/mol. The second-order valence-corrected chi connectivity index (χ2v) is 6.59. The van der Waals surface area contributed by atoms with E-state index in [1.165, 1.54) is 11.3 Å². The van der Waals surface area contributed by atoms with Crippen molar-refractivity contribution in [3.63, 3.8) is 0 Å². The van der Waals surface area contributed by atoms with Gasteiger partial charge in [-0.2, -0.15) is 0 Å². The quantitative estimate of drug-likeness (QED) is 0.624. The highest BCUT2D eigenvalue weighted by molar-refractivity contribution is 9.09. The number of rotatable bonds is 2. The van der Waals surface area contributed by atoms with Gasteiger partial charge in [0.2, 0.25) is 0 Å². The first-order valence-electron chi connectivity index (χ1n) is 5.15. The van der Waals surface area contributed by atoms with Gasteiger partial charge in [0, 0.05) is 10.4 Å². The van der Waals surface area contributed by atoms with Gasteiger partial charge in [-0.15, -0.1) is 11.3 Å². The zero-order valence-corrected chi connectivity index (χ0v) is 12.6. The van der Waals surface area contributed by atoms with Gasteiger partial charge >= 0.3 is 0 Å². The minimum Gasteiger partial charge on any atom is -0.207 e. The maximum Gasteiger partial charge on any atom is 0.128 e. The van der Waals surface area contributed by atoms with Crippen molar-refractivity contribution < 1.29 is 4.39 Å². The molecule has 0 aliphatic heterocycles. The Balaban J connectivity index is 2.39. The predicted molar refractivity (Wildman–Crippen MR) is 76.0 cm³/mol. The van der Waals surface area contributed by atoms with E-state index in [0.717, 1.165) is 20.3 Å². The summed E-state index contributed by atoms with van der Waals surface area (Å²) in [6.45, 7) is 3.83. The van der Waals surface area contributed by atoms with Crippen LogP contribution in [0.5, 0.6) is 0 Å². The van der Waals surface area contributed by atoms with Gasteiger partial charge in [0.1, 0.15) is 5.82 Å². The monoisotopic (exact) mass is 332 g/mol. The van der Waals surface area contributed by atoms with Gasteiger partial charge in [-0.1, -0.05) is 39.7 Å². The molecule has 0 aliphatic carbocycles. The largest absolute Gasteiger partial charge is 0.207 e. The second-order valence-electron chi connectivity index (χ2n) is 3.99. The van der Waals surface area contributed by atoms with Crippen LogP contribution >= 0.6 is 38.9 Å². The molecule has 1 atom stereocenters. The fraction of sp³-hybridized carbons (Fsp3) is 0.231. The van der Waals surface area contributed by atoms with Crippen LogP contribution in [0.4, 0.5) is 4.39 Å². The van der Waals surface area contributed by atoms with Gasteiger partial charge < -0.3 is 0 Å². The van der Waals surface area contributed by atoms with Gasteiger partial charge in [0.25, 0.3) is 0 Å². The van der Waals surface area contributed by atoms with E-state index in [-0.39, 0.29) is 10.6 Å². The lowest BCUT2D eigenvalue weighted by molar-refractivity contribution is 0.613. The van der Waals surface area contributed by atoms with E-state index in [1.807, 2.05) is 32.0 Å². The summed E-state index contributed by atoms with van der Waals surface area (Å²) in [6.07, 6.45) is 0. The Morgan fingerprint density at radius 3 is 2.53 bits per heavy atom. The number of aryl methyl sites for hydroxylation is 2. The predicted octanol–water partition coefficient (Wildman–Crippen LogP) is 5.64. The molecule has 0 spiro atoms. The van der Waals surface area contributed by atoms with Crippen LogP contribution in [0.1, 0.15) is 26.4 Å². The van der Waals surface area contributed by atoms with Crippen LogP contribution < -0.4 is 0 Å². The third-order valence-electron chi connectivity index (χ3n) is 2.56. The summed E-state index contributed by atoms with van der Waals surface area (Å²) in [5.74, 6) is -0.186. The lowest BCUT2D eigenvalue weighted by Crippen LogP contribution is -1.94. The Kier molecular flexibility index (Phi) is 3.91. The first-order valence-corrected chi connectivity index (χ1v) is 7.26. The average Bonchev–Trinajstić information content (AvgIpc) is 2.58. The van der Waals surface area contributed by atoms with E-state index in [9.17, 15) is 4.39 Å². The van der Waals surface area contributed by atoms with Crippen molar-refractivity contribution >= 4 is 38.9 Å². The molecule has 1 aromatic carbocycles. The summed E-state index contributed by atoms with van der Waals surface area (Å²) < 4.78 is 14.6. The Bertz CT molecular complexity index is 531. The van der Waals surface area contributed by atoms with Crippen LogP contribution in [0.3, 0.4) is 0 Å². The number of hydrogen-bond donors (Lipinski definition) is 0. The molecule has 2 aromatic rings. The molecule has 2 rings (SSSR count). The van der Waals surface area contributed by atoms with Crippen molar-refractivity contribution in [3.05, 3.63) is 56.0 Å². The molecule has 0 bridgehead atoms. The number of thiophene rings is 1. The Morgan fingerprint density at radius 2 is 2.00 bits per heavy atom. The van der Waals surface area contributed by atoms with Gasteiger partial charge in [0.15, 0.2) is 0 Å². The molecule has 90 valence electrons. The number of benzene rings is 1. The number of halogens is 3. The van der Waals surface area contributed by atoms with Crippen LogP contribution in [0.2, 0.25) is 4.34 Å². The smallest absolute Gasteiger partial charge is 0.128 e. The first kappa shape index (κ1) is 13.1. The van der Waals surface area contributed by atoms with Crippen molar-refractivity contribution in [1.82, 2.24) is 0 Å². The highest BCUT2D eigenvalue weighted by Crippen LogP contribution is 2.39. The van der Waals surface area contributed by atoms with E-state index in [1.54, 1.807) is 6.07 Å². The summed E-state index contributed by atoms with van der Waals surface area (Å²) in [5, 5.41) is 0. The number of hydrogen-bond acceptors (Lipinski definition) is 1. The van der Waals surface area contributed by atoms with Crippen LogP contribution in [0, 0.1) is 19.7 Å². The molecule has 17 heavy (non-hydrogen) atoms. The normalized spacial score (nSPS) is 12.8. The standard InChI is InChI=1S/C13H11BrClFS/c1-7-3-4-9(10(16)5-7)12(14)11-6-8(2)13(15)17-11/h3-6,12H,1-2H3. The second kappa shape index (κ2) is 5.09. The minimum atomic E-state index is -0.186. The molecular formula is C13H11BrClFS. The fourth-order valence-electron chi connectivity index (χ4n) is 1.60. The fourth-order valence-corrected chi connectivity index (χ4v) is 3.60. The van der Waals surface area contributed by atoms with Crippen molar-refractivity contribution in [2.75, 3.05) is 0 Å². The average molecular weight is 334 g/mol. The van der Waals surface area contributed by atoms with Crippen molar-refractivity contribution in [2.24, 2.45) is 0 Å². The lowest BCUT2D eigenvalue weighted by atomic mass is 10.1. The lowest BCUT2D eigenvalue weighted by Gasteiger charge is -2.09. The van der Waals surface area contributed by atoms with Crippen molar-refractivity contribution in [2.45, 2.75) is 18.7 Å². The van der Waals surface area contributed by atoms with E-state index in [2.05, 4.69) is 15.9 Å². The third kappa shape index (κ3) is 2.72. The molecule has 4 heteroatoms. The van der Waals surface area contributed by atoms with Gasteiger partial charge in [0.05, 0.1) is 9.16 Å². The van der Waals surface area contributed by atoms with E-state index in [4.69, 9.17) is 11.6 Å². The van der Waals surface area contributed by atoms with Crippen LogP contribution in [0.15, 0.2) is 24.3 Å². The SMILES string of the molecule is Cc1ccc(C(Br)c2cc(C)c(Cl)s2)c(F)c1. The number of alkyl halides is 1. The topological polar surface area (TPSA) is 0 Å². The zero-order valence-electron chi connectivity index (χ0n) is 9.43. The van der Waals surface area contributed by atoms with Crippen LogP contribution in [0.25, 0.3) is 0 Å². The van der Waals surface area contributed by atoms with E-state index in [0.29, 0.717) is 5.56 Å². The van der Waals surface area contributed by atoms with E-state index < -0.39 is 0 Å². The highest BCUT2D eigenvalue weighted by atomic mass is 79.9. The van der Waals surface area contributed by atoms with Crippen molar-refractivity contribution in [1.29, 1.82) is 0 Å². The molecule has 0 saturated carbocycles. The molecule has 0 N–H and O–H groups in total. The zero-order chi connectivity index (χ0) is 12.6. The summed E-state index contributed by atoms with van der Waals surface area (Å²) in [4.78, 5) is 0.884. The molecule has 1 aromatic heterocycles. The first-order chi connectivity index (χ1) is 7.99. The summed E-state index contributed by atoms with van der Waals surface area (Å²) in [7, 11) is 0. The molecule has 0 aliphatic rings. The molecule has 0 radical (unpaired) electrons. The van der Waals surface area contributed by atoms with Crippen LogP contribution in [-0.2, 0) is 0 Å². The molecule has 0 amide bonds. The third-order valence-corrected chi connectivity index (χ3v) is 5.46. The molecule has 0 saturated heterocycles. The summed E-state index contributed by atoms with van der Waals surface area (Å²) >= 11 is 11.0. The Labute approximate surface area is 118 Å². The Morgan fingerprint density at radius 1 is 1.29 bits per heavy atom.